The molecule has 7 rings (SSSR count). The number of aliphatic hydroxyl groups excluding tert-OH is 4. The van der Waals surface area contributed by atoms with E-state index in [1.165, 1.54) is 7.11 Å². The fourth-order valence-corrected chi connectivity index (χ4v) is 11.3. The molecule has 0 spiro atoms. The molecule has 5 N–H and O–H groups in total. The first-order chi connectivity index (χ1) is 22.3. The monoisotopic (exact) mass is 666 g/mol. The van der Waals surface area contributed by atoms with Crippen LogP contribution in [0, 0.1) is 34.5 Å². The fraction of sp³-hybridized carbons (Fsp3) is 0.914. The number of esters is 1. The second kappa shape index (κ2) is 12.5. The zero-order valence-electron chi connectivity index (χ0n) is 28.0. The Morgan fingerprint density at radius 2 is 1.66 bits per heavy atom. The molecule has 3 heterocycles. The molecule has 12 nitrogen and oxygen atoms in total. The maximum atomic E-state index is 12.5. The Labute approximate surface area is 276 Å². The Kier molecular flexibility index (Phi) is 9.14. The van der Waals surface area contributed by atoms with Gasteiger partial charge in [-0.1, -0.05) is 13.8 Å². The van der Waals surface area contributed by atoms with Crippen LogP contribution in [-0.2, 0) is 33.2 Å². The van der Waals surface area contributed by atoms with Gasteiger partial charge in [-0.15, -0.1) is 0 Å². The van der Waals surface area contributed by atoms with E-state index >= 15 is 0 Å². The van der Waals surface area contributed by atoms with Gasteiger partial charge in [-0.3, -0.25) is 0 Å². The summed E-state index contributed by atoms with van der Waals surface area (Å²) >= 11 is 0. The highest BCUT2D eigenvalue weighted by molar-refractivity contribution is 5.85. The lowest BCUT2D eigenvalue weighted by Crippen LogP contribution is -2.63. The summed E-state index contributed by atoms with van der Waals surface area (Å²) in [6.07, 6.45) is 0.149. The average Bonchev–Trinajstić information content (AvgIpc) is 3.59. The van der Waals surface area contributed by atoms with E-state index in [2.05, 4.69) is 13.8 Å². The van der Waals surface area contributed by atoms with Gasteiger partial charge in [0.2, 0.25) is 0 Å². The van der Waals surface area contributed by atoms with Crippen LogP contribution in [0.15, 0.2) is 11.6 Å². The summed E-state index contributed by atoms with van der Waals surface area (Å²) in [7, 11) is 1.47. The summed E-state index contributed by atoms with van der Waals surface area (Å²) in [5, 5.41) is 54.1. The zero-order valence-corrected chi connectivity index (χ0v) is 28.0. The van der Waals surface area contributed by atoms with Gasteiger partial charge in [0.15, 0.2) is 12.6 Å². The van der Waals surface area contributed by atoms with E-state index in [1.54, 1.807) is 13.0 Å². The Morgan fingerprint density at radius 3 is 2.38 bits per heavy atom. The first-order valence-corrected chi connectivity index (χ1v) is 17.7. The van der Waals surface area contributed by atoms with Crippen molar-refractivity contribution < 1.29 is 58.7 Å². The highest BCUT2D eigenvalue weighted by Gasteiger charge is 2.68. The molecule has 4 saturated carbocycles. The van der Waals surface area contributed by atoms with E-state index in [0.717, 1.165) is 63.4 Å². The van der Waals surface area contributed by atoms with Crippen LogP contribution in [0.5, 0.6) is 0 Å². The molecule has 12 heteroatoms. The van der Waals surface area contributed by atoms with Crippen molar-refractivity contribution in [2.45, 2.75) is 146 Å². The predicted octanol–water partition coefficient (Wildman–Crippen LogP) is 1.57. The second-order valence-electron chi connectivity index (χ2n) is 16.1. The van der Waals surface area contributed by atoms with Crippen molar-refractivity contribution in [3.8, 4) is 0 Å². The number of aliphatic hydroxyl groups is 5. The van der Waals surface area contributed by atoms with Crippen LogP contribution in [0.4, 0.5) is 0 Å². The molecule has 3 aliphatic heterocycles. The van der Waals surface area contributed by atoms with E-state index in [-0.39, 0.29) is 41.3 Å². The number of ether oxygens (including phenoxy) is 6. The Hall–Kier alpha value is -1.19. The summed E-state index contributed by atoms with van der Waals surface area (Å²) in [5.41, 5.74) is 0.118. The van der Waals surface area contributed by atoms with Crippen LogP contribution in [0.25, 0.3) is 0 Å². The van der Waals surface area contributed by atoms with Gasteiger partial charge < -0.3 is 54.0 Å². The van der Waals surface area contributed by atoms with Crippen molar-refractivity contribution in [2.24, 2.45) is 34.5 Å². The number of hydrogen-bond donors (Lipinski definition) is 5. The van der Waals surface area contributed by atoms with Gasteiger partial charge in [0.25, 0.3) is 0 Å². The van der Waals surface area contributed by atoms with Crippen LogP contribution < -0.4 is 0 Å². The van der Waals surface area contributed by atoms with Crippen LogP contribution in [0.2, 0.25) is 0 Å². The minimum absolute atomic E-state index is 0.0793. The van der Waals surface area contributed by atoms with Crippen molar-refractivity contribution in [3.63, 3.8) is 0 Å². The molecular formula is C35H54O12. The van der Waals surface area contributed by atoms with Gasteiger partial charge >= 0.3 is 5.97 Å². The van der Waals surface area contributed by atoms with Gasteiger partial charge in [0.1, 0.15) is 43.2 Å². The average molecular weight is 667 g/mol. The number of hydrogen-bond acceptors (Lipinski definition) is 12. The minimum Gasteiger partial charge on any atom is -0.458 e. The van der Waals surface area contributed by atoms with E-state index in [9.17, 15) is 30.3 Å². The smallest absolute Gasteiger partial charge is 0.331 e. The predicted molar refractivity (Wildman–Crippen MR) is 164 cm³/mol. The summed E-state index contributed by atoms with van der Waals surface area (Å²) < 4.78 is 35.0. The molecular weight excluding hydrogens is 612 g/mol. The van der Waals surface area contributed by atoms with Crippen LogP contribution >= 0.6 is 0 Å². The van der Waals surface area contributed by atoms with Crippen LogP contribution in [-0.4, -0.2) is 119 Å². The molecule has 7 aliphatic rings. The molecule has 0 amide bonds. The number of fused-ring (bicyclic) bond motifs is 5. The van der Waals surface area contributed by atoms with E-state index in [1.807, 2.05) is 0 Å². The molecule has 0 radical (unpaired) electrons. The summed E-state index contributed by atoms with van der Waals surface area (Å²) in [5.74, 6) is 0.986. The first-order valence-electron chi connectivity index (χ1n) is 17.7. The number of carbonyl (C=O) groups excluding carboxylic acids is 1. The van der Waals surface area contributed by atoms with E-state index in [4.69, 9.17) is 28.4 Å². The lowest BCUT2D eigenvalue weighted by Gasteiger charge is -2.64. The lowest BCUT2D eigenvalue weighted by atomic mass is 9.43. The fourth-order valence-electron chi connectivity index (χ4n) is 11.3. The molecule has 0 aromatic carbocycles. The maximum absolute atomic E-state index is 12.5. The van der Waals surface area contributed by atoms with E-state index in [0.29, 0.717) is 18.4 Å². The van der Waals surface area contributed by atoms with Crippen LogP contribution in [0.1, 0.15) is 78.6 Å². The normalized spacial score (nSPS) is 54.7. The lowest BCUT2D eigenvalue weighted by molar-refractivity contribution is -0.352. The van der Waals surface area contributed by atoms with Gasteiger partial charge in [-0.2, -0.15) is 0 Å². The summed E-state index contributed by atoms with van der Waals surface area (Å²) in [6.45, 7) is 6.61. The molecule has 47 heavy (non-hydrogen) atoms. The van der Waals surface area contributed by atoms with Gasteiger partial charge in [-0.25, -0.2) is 4.79 Å². The number of carbonyl (C=O) groups is 1. The van der Waals surface area contributed by atoms with Crippen molar-refractivity contribution in [2.75, 3.05) is 20.3 Å². The molecule has 0 unspecified atom stereocenters. The van der Waals surface area contributed by atoms with Crippen molar-refractivity contribution in [1.29, 1.82) is 0 Å². The first kappa shape index (κ1) is 34.3. The zero-order chi connectivity index (χ0) is 33.5. The van der Waals surface area contributed by atoms with Gasteiger partial charge in [0, 0.05) is 18.6 Å². The Morgan fingerprint density at radius 1 is 0.872 bits per heavy atom. The highest BCUT2D eigenvalue weighted by Crippen LogP contribution is 2.70. The number of methoxy groups -OCH3 is 1. The van der Waals surface area contributed by atoms with Crippen molar-refractivity contribution >= 4 is 5.97 Å². The molecule has 17 atom stereocenters. The van der Waals surface area contributed by atoms with Crippen molar-refractivity contribution in [1.82, 2.24) is 0 Å². The molecule has 6 fully saturated rings. The third-order valence-electron chi connectivity index (χ3n) is 14.0. The standard InChI is InChI=1S/C35H54O12/c1-17-29(47-31-27(39)26(38)24(36)16-44-31)30(42-4)28(40)32(45-17)46-20-7-10-33(2)19(14-20)5-6-23-22(33)8-11-34(3)21(9-12-35(23,34)41)18-13-25(37)43-15-18/h13,17,19-24,26-32,36,38-41H,5-12,14-16H2,1-4H3/t17-,19-,20+,21-,22+,23-,24-,26+,27-,28-,29+,30-,31+,32+,33+,34-,35+/m1/s1. The molecule has 2 saturated heterocycles. The number of cyclic esters (lactones) is 1. The molecule has 266 valence electrons. The third kappa shape index (κ3) is 5.45. The van der Waals surface area contributed by atoms with Crippen LogP contribution in [0.3, 0.4) is 0 Å². The highest BCUT2D eigenvalue weighted by atomic mass is 16.7. The Bertz CT molecular complexity index is 1210. The topological polar surface area (TPSA) is 174 Å². The van der Waals surface area contributed by atoms with Gasteiger partial charge in [-0.05, 0) is 99.4 Å². The van der Waals surface area contributed by atoms with E-state index < -0.39 is 60.9 Å². The minimum atomic E-state index is -1.47. The largest absolute Gasteiger partial charge is 0.458 e. The number of rotatable bonds is 6. The molecule has 0 aromatic rings. The summed E-state index contributed by atoms with van der Waals surface area (Å²) in [6, 6.07) is 0. The third-order valence-corrected chi connectivity index (χ3v) is 14.0. The molecule has 4 aliphatic carbocycles. The molecule has 0 aromatic heterocycles. The summed E-state index contributed by atoms with van der Waals surface area (Å²) in [4.78, 5) is 11.9. The second-order valence-corrected chi connectivity index (χ2v) is 16.1. The maximum Gasteiger partial charge on any atom is 0.331 e. The molecule has 0 bridgehead atoms. The Balaban J connectivity index is 0.992. The SMILES string of the molecule is CO[C@@H]1[C@@H](O)[C@H](O[C@H]2CC[C@@]3(C)[C@H](CC[C@@H]4[C@@H]3CC[C@]3(C)[C@@H](C5=CC(=O)OC5)CC[C@]43O)C2)O[C@H](C)[C@@H]1O[C@@H]1OC[C@@H](O)[C@H](O)[C@H]1O. The quantitative estimate of drug-likeness (QED) is 0.205. The van der Waals surface area contributed by atoms with Crippen molar-refractivity contribution in [3.05, 3.63) is 11.6 Å². The van der Waals surface area contributed by atoms with Gasteiger partial charge in [0.05, 0.1) is 24.4 Å².